The number of carbonyl (C=O) groups excluding carboxylic acids is 1. The summed E-state index contributed by atoms with van der Waals surface area (Å²) in [7, 11) is 0. The Labute approximate surface area is 108 Å². The number of Topliss-reactive ketones (excluding diaryl/α,β-unsaturated/α-hetero) is 1. The standard InChI is InChI=1S/C12H12BrClO2/c13-10-6-8(3-4-11(10)14)12(15)9-2-1-5-16-7-9/h3-4,6,9H,1-2,5,7H2. The van der Waals surface area contributed by atoms with Crippen molar-refractivity contribution >= 4 is 33.3 Å². The Morgan fingerprint density at radius 3 is 2.94 bits per heavy atom. The minimum absolute atomic E-state index is 0.00169. The highest BCUT2D eigenvalue weighted by molar-refractivity contribution is 9.10. The van der Waals surface area contributed by atoms with Gasteiger partial charge in [0.2, 0.25) is 0 Å². The van der Waals surface area contributed by atoms with Gasteiger partial charge >= 0.3 is 0 Å². The topological polar surface area (TPSA) is 26.3 Å². The molecule has 1 atom stereocenters. The highest BCUT2D eigenvalue weighted by Crippen LogP contribution is 2.26. The van der Waals surface area contributed by atoms with Gasteiger partial charge in [0, 0.05) is 22.6 Å². The Hall–Kier alpha value is -0.380. The summed E-state index contributed by atoms with van der Waals surface area (Å²) in [5, 5.41) is 0.622. The molecule has 0 amide bonds. The smallest absolute Gasteiger partial charge is 0.168 e. The van der Waals surface area contributed by atoms with Crippen LogP contribution in [0.1, 0.15) is 23.2 Å². The van der Waals surface area contributed by atoms with E-state index in [4.69, 9.17) is 16.3 Å². The number of hydrogen-bond donors (Lipinski definition) is 0. The van der Waals surface area contributed by atoms with E-state index in [9.17, 15) is 4.79 Å². The van der Waals surface area contributed by atoms with Gasteiger partial charge in [-0.3, -0.25) is 4.79 Å². The zero-order valence-corrected chi connectivity index (χ0v) is 11.1. The lowest BCUT2D eigenvalue weighted by Crippen LogP contribution is -2.25. The first-order valence-electron chi connectivity index (χ1n) is 5.25. The minimum atomic E-state index is 0.00169. The molecule has 1 unspecified atom stereocenters. The van der Waals surface area contributed by atoms with Crippen LogP contribution in [0.5, 0.6) is 0 Å². The molecule has 0 saturated carbocycles. The first-order chi connectivity index (χ1) is 7.68. The molecule has 1 aliphatic rings. The number of benzene rings is 1. The van der Waals surface area contributed by atoms with Crippen molar-refractivity contribution < 1.29 is 9.53 Å². The molecule has 1 aromatic carbocycles. The molecule has 0 radical (unpaired) electrons. The van der Waals surface area contributed by atoms with E-state index in [0.717, 1.165) is 23.9 Å². The molecule has 1 heterocycles. The third kappa shape index (κ3) is 2.65. The van der Waals surface area contributed by atoms with E-state index in [2.05, 4.69) is 15.9 Å². The van der Waals surface area contributed by atoms with Gasteiger partial charge in [-0.1, -0.05) is 11.6 Å². The second-order valence-corrected chi connectivity index (χ2v) is 5.17. The summed E-state index contributed by atoms with van der Waals surface area (Å²) in [6.45, 7) is 1.31. The van der Waals surface area contributed by atoms with Crippen LogP contribution >= 0.6 is 27.5 Å². The number of ether oxygens (including phenoxy) is 1. The summed E-state index contributed by atoms with van der Waals surface area (Å²) in [5.41, 5.74) is 0.701. The third-order valence-electron chi connectivity index (χ3n) is 2.74. The molecule has 1 fully saturated rings. The van der Waals surface area contributed by atoms with Crippen LogP contribution in [0.2, 0.25) is 5.02 Å². The molecule has 0 N–H and O–H groups in total. The van der Waals surface area contributed by atoms with Gasteiger partial charge in [-0.05, 0) is 47.0 Å². The largest absolute Gasteiger partial charge is 0.381 e. The third-order valence-corrected chi connectivity index (χ3v) is 3.95. The Bertz CT molecular complexity index is 400. The van der Waals surface area contributed by atoms with E-state index in [1.165, 1.54) is 0 Å². The number of hydrogen-bond acceptors (Lipinski definition) is 2. The number of halogens is 2. The van der Waals surface area contributed by atoms with Crippen molar-refractivity contribution in [2.75, 3.05) is 13.2 Å². The summed E-state index contributed by atoms with van der Waals surface area (Å²) < 4.78 is 6.08. The lowest BCUT2D eigenvalue weighted by molar-refractivity contribution is 0.0461. The maximum atomic E-state index is 12.1. The fourth-order valence-electron chi connectivity index (χ4n) is 1.83. The second kappa shape index (κ2) is 5.30. The van der Waals surface area contributed by atoms with Crippen LogP contribution < -0.4 is 0 Å². The zero-order valence-electron chi connectivity index (χ0n) is 8.71. The Morgan fingerprint density at radius 1 is 1.50 bits per heavy atom. The monoisotopic (exact) mass is 302 g/mol. The van der Waals surface area contributed by atoms with E-state index in [1.54, 1.807) is 18.2 Å². The van der Waals surface area contributed by atoms with Crippen molar-refractivity contribution in [2.45, 2.75) is 12.8 Å². The van der Waals surface area contributed by atoms with E-state index in [1.807, 2.05) is 0 Å². The van der Waals surface area contributed by atoms with E-state index in [0.29, 0.717) is 17.2 Å². The number of rotatable bonds is 2. The SMILES string of the molecule is O=C(c1ccc(Cl)c(Br)c1)C1CCCOC1. The van der Waals surface area contributed by atoms with Gasteiger partial charge in [-0.15, -0.1) is 0 Å². The van der Waals surface area contributed by atoms with Crippen LogP contribution in [0.4, 0.5) is 0 Å². The zero-order chi connectivity index (χ0) is 11.5. The molecule has 0 spiro atoms. The van der Waals surface area contributed by atoms with Gasteiger partial charge in [0.05, 0.1) is 11.6 Å². The fourth-order valence-corrected chi connectivity index (χ4v) is 2.33. The molecular formula is C12H12BrClO2. The van der Waals surface area contributed by atoms with Crippen LogP contribution in [0.15, 0.2) is 22.7 Å². The van der Waals surface area contributed by atoms with E-state index in [-0.39, 0.29) is 11.7 Å². The lowest BCUT2D eigenvalue weighted by atomic mass is 9.93. The van der Waals surface area contributed by atoms with Gasteiger partial charge in [0.15, 0.2) is 5.78 Å². The summed E-state index contributed by atoms with van der Waals surface area (Å²) in [4.78, 5) is 12.1. The van der Waals surface area contributed by atoms with Crippen LogP contribution in [0, 0.1) is 5.92 Å². The maximum Gasteiger partial charge on any atom is 0.168 e. The fraction of sp³-hybridized carbons (Fsp3) is 0.417. The van der Waals surface area contributed by atoms with Crippen molar-refractivity contribution in [1.82, 2.24) is 0 Å². The molecule has 1 aromatic rings. The van der Waals surface area contributed by atoms with Crippen molar-refractivity contribution in [2.24, 2.45) is 5.92 Å². The summed E-state index contributed by atoms with van der Waals surface area (Å²) in [5.74, 6) is 0.152. The number of ketones is 1. The van der Waals surface area contributed by atoms with Gasteiger partial charge in [-0.2, -0.15) is 0 Å². The van der Waals surface area contributed by atoms with E-state index >= 15 is 0 Å². The predicted octanol–water partition coefficient (Wildman–Crippen LogP) is 3.71. The van der Waals surface area contributed by atoms with Crippen LogP contribution in [-0.2, 0) is 4.74 Å². The molecule has 86 valence electrons. The molecule has 2 rings (SSSR count). The molecule has 0 aromatic heterocycles. The van der Waals surface area contributed by atoms with Gasteiger partial charge in [0.25, 0.3) is 0 Å². The van der Waals surface area contributed by atoms with Gasteiger partial charge in [-0.25, -0.2) is 0 Å². The molecule has 1 saturated heterocycles. The van der Waals surface area contributed by atoms with Crippen molar-refractivity contribution in [3.05, 3.63) is 33.3 Å². The molecule has 0 bridgehead atoms. The average molecular weight is 304 g/mol. The summed E-state index contributed by atoms with van der Waals surface area (Å²) in [6.07, 6.45) is 1.88. The lowest BCUT2D eigenvalue weighted by Gasteiger charge is -2.20. The highest BCUT2D eigenvalue weighted by Gasteiger charge is 2.23. The van der Waals surface area contributed by atoms with Crippen LogP contribution in [0.25, 0.3) is 0 Å². The Kier molecular flexibility index (Phi) is 4.00. The highest BCUT2D eigenvalue weighted by atomic mass is 79.9. The minimum Gasteiger partial charge on any atom is -0.381 e. The van der Waals surface area contributed by atoms with E-state index < -0.39 is 0 Å². The first kappa shape index (κ1) is 12.1. The van der Waals surface area contributed by atoms with Gasteiger partial charge < -0.3 is 4.74 Å². The molecule has 0 aliphatic carbocycles. The summed E-state index contributed by atoms with van der Waals surface area (Å²) >= 11 is 9.21. The van der Waals surface area contributed by atoms with Crippen LogP contribution in [-0.4, -0.2) is 19.0 Å². The van der Waals surface area contributed by atoms with Crippen LogP contribution in [0.3, 0.4) is 0 Å². The maximum absolute atomic E-state index is 12.1. The van der Waals surface area contributed by atoms with Crippen molar-refractivity contribution in [3.63, 3.8) is 0 Å². The van der Waals surface area contributed by atoms with Crippen molar-refractivity contribution in [3.8, 4) is 0 Å². The quantitative estimate of drug-likeness (QED) is 0.779. The van der Waals surface area contributed by atoms with Crippen molar-refractivity contribution in [1.29, 1.82) is 0 Å². The normalized spacial score (nSPS) is 20.8. The summed E-state index contributed by atoms with van der Waals surface area (Å²) in [6, 6.07) is 5.28. The molecule has 16 heavy (non-hydrogen) atoms. The van der Waals surface area contributed by atoms with Gasteiger partial charge in [0.1, 0.15) is 0 Å². The molecule has 2 nitrogen and oxygen atoms in total. The average Bonchev–Trinajstić information content (AvgIpc) is 2.33. The molecular weight excluding hydrogens is 291 g/mol. The Morgan fingerprint density at radius 2 is 2.31 bits per heavy atom. The second-order valence-electron chi connectivity index (χ2n) is 3.91. The molecule has 4 heteroatoms. The Balaban J connectivity index is 2.16. The molecule has 1 aliphatic heterocycles. The number of carbonyl (C=O) groups is 1. The predicted molar refractivity (Wildman–Crippen MR) is 67.0 cm³/mol. The first-order valence-corrected chi connectivity index (χ1v) is 6.42.